The molecule has 1 unspecified atom stereocenters. The van der Waals surface area contributed by atoms with E-state index in [2.05, 4.69) is 52.5 Å². The van der Waals surface area contributed by atoms with Crippen LogP contribution in [0.4, 0.5) is 8.78 Å². The van der Waals surface area contributed by atoms with Crippen molar-refractivity contribution in [3.05, 3.63) is 49.0 Å². The molecule has 0 aliphatic heterocycles. The van der Waals surface area contributed by atoms with Gasteiger partial charge in [0.25, 0.3) is 0 Å². The molecule has 0 amide bonds. The highest BCUT2D eigenvalue weighted by Gasteiger charge is 2.16. The van der Waals surface area contributed by atoms with Crippen molar-refractivity contribution < 1.29 is 13.5 Å². The van der Waals surface area contributed by atoms with Gasteiger partial charge < -0.3 is 4.74 Å². The summed E-state index contributed by atoms with van der Waals surface area (Å²) in [6, 6.07) is 8.65. The summed E-state index contributed by atoms with van der Waals surface area (Å²) in [6.07, 6.45) is 0. The quantitative estimate of drug-likeness (QED) is 0.467. The molecule has 0 radical (unpaired) electrons. The van der Waals surface area contributed by atoms with Crippen LogP contribution in [-0.4, -0.2) is 6.61 Å². The van der Waals surface area contributed by atoms with E-state index < -0.39 is 6.61 Å². The Hall–Kier alpha value is 0.0200. The van der Waals surface area contributed by atoms with Crippen LogP contribution >= 0.6 is 59.1 Å². The predicted molar refractivity (Wildman–Crippen MR) is 83.6 cm³/mol. The van der Waals surface area contributed by atoms with Crippen molar-refractivity contribution in [3.8, 4) is 5.75 Å². The zero-order chi connectivity index (χ0) is 14.0. The van der Waals surface area contributed by atoms with Crippen molar-refractivity contribution in [2.24, 2.45) is 0 Å². The number of ether oxygens (including phenoxy) is 1. The van der Waals surface area contributed by atoms with Crippen LogP contribution in [0.2, 0.25) is 0 Å². The summed E-state index contributed by atoms with van der Waals surface area (Å²) in [7, 11) is 0. The van der Waals surface area contributed by atoms with E-state index in [1.54, 1.807) is 23.5 Å². The summed E-state index contributed by atoms with van der Waals surface area (Å²) >= 11 is 12.0. The van der Waals surface area contributed by atoms with Crippen LogP contribution in [-0.2, 0) is 0 Å². The first-order valence-corrected chi connectivity index (χ1v) is 8.42. The van der Waals surface area contributed by atoms with E-state index >= 15 is 0 Å². The van der Waals surface area contributed by atoms with E-state index in [-0.39, 0.29) is 10.6 Å². The van der Waals surface area contributed by atoms with Gasteiger partial charge in [-0.3, -0.25) is 0 Å². The molecular formula is C12H7Br3F2OS. The van der Waals surface area contributed by atoms with Crippen molar-refractivity contribution in [1.29, 1.82) is 0 Å². The molecule has 102 valence electrons. The van der Waals surface area contributed by atoms with Gasteiger partial charge in [-0.25, -0.2) is 0 Å². The number of rotatable bonds is 4. The molecule has 1 aromatic carbocycles. The van der Waals surface area contributed by atoms with Gasteiger partial charge in [0.2, 0.25) is 0 Å². The summed E-state index contributed by atoms with van der Waals surface area (Å²) in [5.74, 6) is 0.159. The highest BCUT2D eigenvalue weighted by Crippen LogP contribution is 2.41. The first-order chi connectivity index (χ1) is 8.97. The van der Waals surface area contributed by atoms with Crippen LogP contribution in [0.3, 0.4) is 0 Å². The second kappa shape index (κ2) is 6.65. The fourth-order valence-corrected chi connectivity index (χ4v) is 4.29. The Bertz CT molecular complexity index is 554. The van der Waals surface area contributed by atoms with E-state index in [0.29, 0.717) is 0 Å². The lowest BCUT2D eigenvalue weighted by Crippen LogP contribution is -2.02. The van der Waals surface area contributed by atoms with Crippen LogP contribution in [0.15, 0.2) is 38.6 Å². The fourth-order valence-electron chi connectivity index (χ4n) is 1.50. The fraction of sp³-hybridized carbons (Fsp3) is 0.167. The number of hydrogen-bond donors (Lipinski definition) is 0. The van der Waals surface area contributed by atoms with Gasteiger partial charge in [0.05, 0.1) is 8.61 Å². The van der Waals surface area contributed by atoms with Crippen LogP contribution < -0.4 is 4.74 Å². The third-order valence-corrected chi connectivity index (χ3v) is 6.94. The largest absolute Gasteiger partial charge is 0.435 e. The van der Waals surface area contributed by atoms with Crippen LogP contribution in [0.5, 0.6) is 5.75 Å². The average molecular weight is 477 g/mol. The summed E-state index contributed by atoms with van der Waals surface area (Å²) in [6.45, 7) is -2.81. The maximum atomic E-state index is 12.2. The Balaban J connectivity index is 2.25. The number of hydrogen-bond acceptors (Lipinski definition) is 2. The first kappa shape index (κ1) is 15.4. The van der Waals surface area contributed by atoms with Gasteiger partial charge in [-0.2, -0.15) is 8.78 Å². The third-order valence-electron chi connectivity index (χ3n) is 2.29. The van der Waals surface area contributed by atoms with Crippen LogP contribution in [0.1, 0.15) is 15.3 Å². The minimum absolute atomic E-state index is 0.0682. The summed E-state index contributed by atoms with van der Waals surface area (Å²) in [4.78, 5) is 0.995. The number of alkyl halides is 3. The van der Waals surface area contributed by atoms with Crippen LogP contribution in [0.25, 0.3) is 0 Å². The molecule has 0 aliphatic carbocycles. The Morgan fingerprint density at radius 1 is 1.16 bits per heavy atom. The van der Waals surface area contributed by atoms with Crippen molar-refractivity contribution in [3.63, 3.8) is 0 Å². The van der Waals surface area contributed by atoms with Gasteiger partial charge in [-0.15, -0.1) is 11.3 Å². The standard InChI is InChI=1S/C12H7Br3F2OS/c13-8-5-9(19-11(8)15)10(14)6-2-1-3-7(4-6)18-12(16)17/h1-5,10,12H. The van der Waals surface area contributed by atoms with Crippen molar-refractivity contribution in [2.45, 2.75) is 11.4 Å². The highest BCUT2D eigenvalue weighted by molar-refractivity contribution is 9.13. The maximum Gasteiger partial charge on any atom is 0.387 e. The van der Waals surface area contributed by atoms with Gasteiger partial charge >= 0.3 is 6.61 Å². The molecule has 2 rings (SSSR count). The van der Waals surface area contributed by atoms with E-state index in [1.165, 1.54) is 6.07 Å². The third kappa shape index (κ3) is 4.00. The van der Waals surface area contributed by atoms with Gasteiger partial charge in [0.1, 0.15) is 5.75 Å². The predicted octanol–water partition coefficient (Wildman–Crippen LogP) is 6.36. The molecule has 1 heterocycles. The second-order valence-electron chi connectivity index (χ2n) is 3.58. The van der Waals surface area contributed by atoms with Gasteiger partial charge in [0, 0.05) is 9.35 Å². The topological polar surface area (TPSA) is 9.23 Å². The lowest BCUT2D eigenvalue weighted by atomic mass is 10.1. The van der Waals surface area contributed by atoms with E-state index in [9.17, 15) is 8.78 Å². The minimum atomic E-state index is -2.81. The van der Waals surface area contributed by atoms with Crippen LogP contribution in [0, 0.1) is 0 Å². The smallest absolute Gasteiger partial charge is 0.387 e. The number of benzene rings is 1. The zero-order valence-electron chi connectivity index (χ0n) is 9.25. The molecule has 0 saturated carbocycles. The Kier molecular flexibility index (Phi) is 5.39. The molecule has 0 bridgehead atoms. The first-order valence-electron chi connectivity index (χ1n) is 5.11. The van der Waals surface area contributed by atoms with E-state index in [0.717, 1.165) is 18.7 Å². The molecular weight excluding hydrogens is 470 g/mol. The average Bonchev–Trinajstić information content (AvgIpc) is 2.68. The number of thiophene rings is 1. The van der Waals surface area contributed by atoms with Crippen molar-refractivity contribution in [2.75, 3.05) is 0 Å². The molecule has 19 heavy (non-hydrogen) atoms. The molecule has 0 aliphatic rings. The molecule has 0 saturated heterocycles. The normalized spacial score (nSPS) is 12.7. The second-order valence-corrected chi connectivity index (χ2v) is 7.76. The van der Waals surface area contributed by atoms with Crippen molar-refractivity contribution >= 4 is 59.1 Å². The zero-order valence-corrected chi connectivity index (χ0v) is 14.8. The van der Waals surface area contributed by atoms with Gasteiger partial charge in [-0.05, 0) is 55.6 Å². The van der Waals surface area contributed by atoms with Gasteiger partial charge in [0.15, 0.2) is 0 Å². The molecule has 7 heteroatoms. The summed E-state index contributed by atoms with van der Waals surface area (Å²) in [5.41, 5.74) is 0.861. The minimum Gasteiger partial charge on any atom is -0.435 e. The molecule has 0 spiro atoms. The highest BCUT2D eigenvalue weighted by atomic mass is 79.9. The molecule has 1 atom stereocenters. The lowest BCUT2D eigenvalue weighted by molar-refractivity contribution is -0.0498. The van der Waals surface area contributed by atoms with Gasteiger partial charge in [-0.1, -0.05) is 28.1 Å². The molecule has 1 nitrogen and oxygen atoms in total. The van der Waals surface area contributed by atoms with E-state index in [1.807, 2.05) is 12.1 Å². The molecule has 0 N–H and O–H groups in total. The molecule has 0 fully saturated rings. The summed E-state index contributed by atoms with van der Waals surface area (Å²) < 4.78 is 30.7. The molecule has 2 aromatic rings. The Labute approximate surface area is 138 Å². The maximum absolute atomic E-state index is 12.2. The Morgan fingerprint density at radius 2 is 1.89 bits per heavy atom. The summed E-state index contributed by atoms with van der Waals surface area (Å²) in [5, 5.41) is 0. The lowest BCUT2D eigenvalue weighted by Gasteiger charge is -2.10. The molecule has 1 aromatic heterocycles. The van der Waals surface area contributed by atoms with Crippen molar-refractivity contribution in [1.82, 2.24) is 0 Å². The monoisotopic (exact) mass is 474 g/mol. The number of halogens is 5. The SMILES string of the molecule is FC(F)Oc1cccc(C(Br)c2cc(Br)c(Br)s2)c1. The van der Waals surface area contributed by atoms with E-state index in [4.69, 9.17) is 0 Å². The Morgan fingerprint density at radius 3 is 2.47 bits per heavy atom.